The van der Waals surface area contributed by atoms with Crippen LogP contribution in [0.2, 0.25) is 0 Å². The highest BCUT2D eigenvalue weighted by molar-refractivity contribution is 8.00. The lowest BCUT2D eigenvalue weighted by molar-refractivity contribution is 0.395. The topological polar surface area (TPSA) is 0 Å². The summed E-state index contributed by atoms with van der Waals surface area (Å²) >= 11 is 2.07. The van der Waals surface area contributed by atoms with Crippen LogP contribution in [0.3, 0.4) is 0 Å². The van der Waals surface area contributed by atoms with Crippen molar-refractivity contribution in [3.05, 3.63) is 12.2 Å². The molecule has 0 fully saturated rings. The normalized spacial score (nSPS) is 17.3. The van der Waals surface area contributed by atoms with Gasteiger partial charge < -0.3 is 0 Å². The molecule has 0 N–H and O–H groups in total. The minimum atomic E-state index is 0.302. The average Bonchev–Trinajstić information content (AvgIpc) is 1.94. The molecule has 0 bridgehead atoms. The van der Waals surface area contributed by atoms with Gasteiger partial charge in [0.25, 0.3) is 0 Å². The van der Waals surface area contributed by atoms with Crippen LogP contribution in [0.15, 0.2) is 12.2 Å². The van der Waals surface area contributed by atoms with Gasteiger partial charge in [0, 0.05) is 10.5 Å². The lowest BCUT2D eigenvalue weighted by Crippen LogP contribution is -2.30. The van der Waals surface area contributed by atoms with Crippen molar-refractivity contribution in [3.8, 4) is 0 Å². The molecule has 0 aliphatic carbocycles. The summed E-state index contributed by atoms with van der Waals surface area (Å²) in [4.78, 5) is 0. The van der Waals surface area contributed by atoms with E-state index >= 15 is 0 Å². The molecule has 2 atom stereocenters. The van der Waals surface area contributed by atoms with Gasteiger partial charge in [0.05, 0.1) is 0 Å². The molecule has 0 saturated carbocycles. The van der Waals surface area contributed by atoms with Crippen molar-refractivity contribution in [2.24, 2.45) is 10.8 Å². The quantitative estimate of drug-likeness (QED) is 0.602. The Balaban J connectivity index is 4.65. The van der Waals surface area contributed by atoms with Gasteiger partial charge >= 0.3 is 0 Å². The Hall–Kier alpha value is 0.0900. The Labute approximate surface area is 101 Å². The third-order valence-electron chi connectivity index (χ3n) is 2.79. The maximum absolute atomic E-state index is 4.14. The maximum Gasteiger partial charge on any atom is 0.0302 e. The molecular weight excluding hydrogens is 200 g/mol. The summed E-state index contributed by atoms with van der Waals surface area (Å²) in [7, 11) is 0. The summed E-state index contributed by atoms with van der Waals surface area (Å²) in [5, 5.41) is 1.20. The van der Waals surface area contributed by atoms with Crippen molar-refractivity contribution in [1.82, 2.24) is 0 Å². The monoisotopic (exact) mass is 228 g/mol. The lowest BCUT2D eigenvalue weighted by atomic mass is 9.88. The first-order valence-electron chi connectivity index (χ1n) is 5.77. The number of hydrogen-bond donors (Lipinski definition) is 0. The van der Waals surface area contributed by atoms with E-state index in [1.54, 1.807) is 0 Å². The summed E-state index contributed by atoms with van der Waals surface area (Å²) in [6.07, 6.45) is 0. The van der Waals surface area contributed by atoms with Crippen molar-refractivity contribution in [3.63, 3.8) is 0 Å². The molecule has 1 heteroatoms. The zero-order valence-corrected chi connectivity index (χ0v) is 12.6. The first kappa shape index (κ1) is 15.1. The molecule has 0 aliphatic heterocycles. The number of rotatable bonds is 3. The van der Waals surface area contributed by atoms with E-state index in [0.29, 0.717) is 21.3 Å². The molecule has 15 heavy (non-hydrogen) atoms. The molecular formula is C14H28S. The maximum atomic E-state index is 4.14. The molecule has 0 saturated heterocycles. The largest absolute Gasteiger partial charge is 0.150 e. The Morgan fingerprint density at radius 3 is 1.60 bits per heavy atom. The van der Waals surface area contributed by atoms with Gasteiger partial charge in [0.2, 0.25) is 0 Å². The first-order chi connectivity index (χ1) is 6.46. The van der Waals surface area contributed by atoms with Gasteiger partial charge in [-0.1, -0.05) is 60.6 Å². The van der Waals surface area contributed by atoms with Crippen LogP contribution in [0.4, 0.5) is 0 Å². The molecule has 0 spiro atoms. The van der Waals surface area contributed by atoms with Gasteiger partial charge in [-0.2, -0.15) is 0 Å². The fourth-order valence-electron chi connectivity index (χ4n) is 1.47. The van der Waals surface area contributed by atoms with Crippen molar-refractivity contribution < 1.29 is 0 Å². The molecule has 0 heterocycles. The van der Waals surface area contributed by atoms with Gasteiger partial charge in [0.1, 0.15) is 0 Å². The summed E-state index contributed by atoms with van der Waals surface area (Å²) in [6.45, 7) is 22.4. The van der Waals surface area contributed by atoms with Crippen molar-refractivity contribution in [1.29, 1.82) is 0 Å². The Morgan fingerprint density at radius 2 is 1.40 bits per heavy atom. The van der Waals surface area contributed by atoms with Crippen LogP contribution in [0.25, 0.3) is 0 Å². The van der Waals surface area contributed by atoms with Gasteiger partial charge in [-0.25, -0.2) is 0 Å². The molecule has 0 radical (unpaired) electrons. The molecule has 0 aromatic rings. The minimum absolute atomic E-state index is 0.302. The van der Waals surface area contributed by atoms with Crippen LogP contribution < -0.4 is 0 Å². The predicted molar refractivity (Wildman–Crippen MR) is 74.6 cm³/mol. The summed E-state index contributed by atoms with van der Waals surface area (Å²) in [5.74, 6) is 0. The van der Waals surface area contributed by atoms with Crippen molar-refractivity contribution in [2.45, 2.75) is 65.9 Å². The van der Waals surface area contributed by atoms with Crippen molar-refractivity contribution >= 4 is 11.8 Å². The smallest absolute Gasteiger partial charge is 0.0302 e. The van der Waals surface area contributed by atoms with Crippen LogP contribution >= 0.6 is 11.8 Å². The molecule has 0 aromatic heterocycles. The van der Waals surface area contributed by atoms with Gasteiger partial charge in [-0.3, -0.25) is 0 Å². The van der Waals surface area contributed by atoms with E-state index in [0.717, 1.165) is 0 Å². The van der Waals surface area contributed by atoms with Crippen molar-refractivity contribution in [2.75, 3.05) is 0 Å². The zero-order chi connectivity index (χ0) is 12.4. The standard InChI is InChI=1S/C14H28S/c1-10(2)12(14(7,8)9)15-11(3)13(4,5)6/h11-12H,1H2,2-9H3. The fraction of sp³-hybridized carbons (Fsp3) is 0.857. The minimum Gasteiger partial charge on any atom is -0.150 e. The predicted octanol–water partition coefficient (Wildman–Crippen LogP) is 5.15. The first-order valence-corrected chi connectivity index (χ1v) is 6.71. The Kier molecular flexibility index (Phi) is 4.98. The van der Waals surface area contributed by atoms with Crippen LogP contribution in [-0.4, -0.2) is 10.5 Å². The van der Waals surface area contributed by atoms with Gasteiger partial charge in [-0.15, -0.1) is 11.8 Å². The lowest BCUT2D eigenvalue weighted by Gasteiger charge is -2.37. The molecule has 2 unspecified atom stereocenters. The summed E-state index contributed by atoms with van der Waals surface area (Å²) in [6, 6.07) is 0. The summed E-state index contributed by atoms with van der Waals surface area (Å²) < 4.78 is 0. The van der Waals surface area contributed by atoms with Gasteiger partial charge in [0.15, 0.2) is 0 Å². The SMILES string of the molecule is C=C(C)C(SC(C)C(C)(C)C)C(C)(C)C. The molecule has 90 valence electrons. The molecule has 0 amide bonds. The van der Waals surface area contributed by atoms with Gasteiger partial charge in [-0.05, 0) is 17.8 Å². The number of thioether (sulfide) groups is 1. The second-order valence-corrected chi connectivity index (χ2v) is 8.19. The molecule has 0 aromatic carbocycles. The van der Waals surface area contributed by atoms with E-state index in [9.17, 15) is 0 Å². The van der Waals surface area contributed by atoms with Crippen LogP contribution in [0, 0.1) is 10.8 Å². The zero-order valence-electron chi connectivity index (χ0n) is 11.8. The van der Waals surface area contributed by atoms with Crippen LogP contribution in [0.1, 0.15) is 55.4 Å². The highest BCUT2D eigenvalue weighted by Gasteiger charge is 2.31. The Morgan fingerprint density at radius 1 is 1.00 bits per heavy atom. The third-order valence-corrected chi connectivity index (χ3v) is 5.29. The van der Waals surface area contributed by atoms with E-state index < -0.39 is 0 Å². The molecule has 0 rings (SSSR count). The molecule has 0 aliphatic rings. The fourth-order valence-corrected chi connectivity index (χ4v) is 2.92. The van der Waals surface area contributed by atoms with E-state index in [2.05, 4.69) is 73.7 Å². The Bertz CT molecular complexity index is 214. The molecule has 0 nitrogen and oxygen atoms in total. The van der Waals surface area contributed by atoms with Crippen LogP contribution in [-0.2, 0) is 0 Å². The van der Waals surface area contributed by atoms with Crippen LogP contribution in [0.5, 0.6) is 0 Å². The van der Waals surface area contributed by atoms with E-state index in [1.807, 2.05) is 0 Å². The highest BCUT2D eigenvalue weighted by Crippen LogP contribution is 2.41. The third kappa shape index (κ3) is 5.10. The summed E-state index contributed by atoms with van der Waals surface area (Å²) in [5.41, 5.74) is 1.96. The number of hydrogen-bond acceptors (Lipinski definition) is 1. The second kappa shape index (κ2) is 4.95. The van der Waals surface area contributed by atoms with E-state index in [1.165, 1.54) is 5.57 Å². The van der Waals surface area contributed by atoms with E-state index in [-0.39, 0.29) is 0 Å². The highest BCUT2D eigenvalue weighted by atomic mass is 32.2. The second-order valence-electron chi connectivity index (χ2n) is 6.74. The average molecular weight is 228 g/mol. The van der Waals surface area contributed by atoms with E-state index in [4.69, 9.17) is 0 Å².